The van der Waals surface area contributed by atoms with Gasteiger partial charge in [0.25, 0.3) is 0 Å². The summed E-state index contributed by atoms with van der Waals surface area (Å²) in [7, 11) is -2.23. The largest absolute Gasteiger partial charge is 0.352 e. The molecule has 2 rings (SSSR count). The number of carbonyl (C=O) groups excluding carboxylic acids is 1. The van der Waals surface area contributed by atoms with Gasteiger partial charge in [-0.05, 0) is 63.8 Å². The van der Waals surface area contributed by atoms with Gasteiger partial charge in [0.1, 0.15) is 0 Å². The third kappa shape index (κ3) is 6.15. The number of likely N-dealkylation sites (N-methyl/N-ethyl adjacent to an activating group) is 1. The molecule has 1 heterocycles. The van der Waals surface area contributed by atoms with Crippen LogP contribution >= 0.6 is 0 Å². The van der Waals surface area contributed by atoms with Gasteiger partial charge < -0.3 is 5.32 Å². The summed E-state index contributed by atoms with van der Waals surface area (Å²) in [4.78, 5) is 15.0. The van der Waals surface area contributed by atoms with Gasteiger partial charge >= 0.3 is 0 Å². The first kappa shape index (κ1) is 22.6. The lowest BCUT2D eigenvalue weighted by atomic mass is 10.0. The van der Waals surface area contributed by atoms with Crippen LogP contribution < -0.4 is 5.32 Å². The lowest BCUT2D eigenvalue weighted by molar-refractivity contribution is -0.122. The van der Waals surface area contributed by atoms with E-state index in [2.05, 4.69) is 30.1 Å². The molecule has 1 aliphatic rings. The minimum atomic E-state index is -3.68. The number of hydrogen-bond acceptors (Lipinski definition) is 4. The van der Waals surface area contributed by atoms with Gasteiger partial charge in [-0.1, -0.05) is 17.7 Å². The third-order valence-electron chi connectivity index (χ3n) is 5.26. The van der Waals surface area contributed by atoms with Gasteiger partial charge in [-0.3, -0.25) is 9.69 Å². The van der Waals surface area contributed by atoms with Crippen molar-refractivity contribution in [3.63, 3.8) is 0 Å². The quantitative estimate of drug-likeness (QED) is 0.705. The van der Waals surface area contributed by atoms with Crippen molar-refractivity contribution in [3.8, 4) is 0 Å². The lowest BCUT2D eigenvalue weighted by Gasteiger charge is -2.32. The van der Waals surface area contributed by atoms with E-state index >= 15 is 0 Å². The molecule has 6 nitrogen and oxygen atoms in total. The predicted octanol–water partition coefficient (Wildman–Crippen LogP) is 2.47. The summed E-state index contributed by atoms with van der Waals surface area (Å²) in [5, 5.41) is 2.99. The number of hydrogen-bond donors (Lipinski definition) is 1. The molecule has 0 aliphatic carbocycles. The molecule has 156 valence electrons. The first-order valence-electron chi connectivity index (χ1n) is 9.78. The van der Waals surface area contributed by atoms with E-state index in [1.165, 1.54) is 12.6 Å². The lowest BCUT2D eigenvalue weighted by Crippen LogP contribution is -2.47. The Balaban J connectivity index is 1.87. The second-order valence-corrected chi connectivity index (χ2v) is 9.98. The van der Waals surface area contributed by atoms with Crippen LogP contribution in [0.3, 0.4) is 0 Å². The van der Waals surface area contributed by atoms with Crippen molar-refractivity contribution < 1.29 is 13.2 Å². The first-order chi connectivity index (χ1) is 13.1. The Labute approximate surface area is 169 Å². The standard InChI is InChI=1S/C21H33N3O3S/c1-16(2)8-11-24-12-9-19(10-13-24)22-21(25)15-23(5)28(26,27)20-7-6-17(3)18(4)14-20/h6-8,14,19H,9-13,15H2,1-5H3,(H,22,25). The highest BCUT2D eigenvalue weighted by molar-refractivity contribution is 7.89. The number of amides is 1. The molecular formula is C21H33N3O3S. The van der Waals surface area contributed by atoms with Crippen molar-refractivity contribution in [1.29, 1.82) is 0 Å². The van der Waals surface area contributed by atoms with Gasteiger partial charge in [-0.15, -0.1) is 0 Å². The Morgan fingerprint density at radius 3 is 2.43 bits per heavy atom. The number of rotatable bonds is 7. The molecule has 0 saturated carbocycles. The minimum absolute atomic E-state index is 0.105. The van der Waals surface area contributed by atoms with Crippen molar-refractivity contribution in [2.45, 2.75) is 51.5 Å². The van der Waals surface area contributed by atoms with E-state index in [1.54, 1.807) is 18.2 Å². The molecular weight excluding hydrogens is 374 g/mol. The topological polar surface area (TPSA) is 69.7 Å². The summed E-state index contributed by atoms with van der Waals surface area (Å²) in [6.45, 7) is 10.6. The van der Waals surface area contributed by atoms with Crippen LogP contribution in [0.1, 0.15) is 37.8 Å². The Morgan fingerprint density at radius 1 is 1.21 bits per heavy atom. The minimum Gasteiger partial charge on any atom is -0.352 e. The molecule has 0 radical (unpaired) electrons. The second-order valence-electron chi connectivity index (χ2n) is 7.93. The molecule has 1 aromatic rings. The highest BCUT2D eigenvalue weighted by atomic mass is 32.2. The Bertz CT molecular complexity index is 821. The van der Waals surface area contributed by atoms with Gasteiger partial charge in [0.15, 0.2) is 0 Å². The van der Waals surface area contributed by atoms with Crippen LogP contribution in [-0.4, -0.2) is 62.8 Å². The average Bonchev–Trinajstić information content (AvgIpc) is 2.63. The summed E-state index contributed by atoms with van der Waals surface area (Å²) in [5.41, 5.74) is 3.26. The van der Waals surface area contributed by atoms with E-state index in [4.69, 9.17) is 0 Å². The number of carbonyl (C=O) groups is 1. The molecule has 1 amide bonds. The van der Waals surface area contributed by atoms with E-state index < -0.39 is 10.0 Å². The SMILES string of the molecule is CC(C)=CCN1CCC(NC(=O)CN(C)S(=O)(=O)c2ccc(C)c(C)c2)CC1. The number of piperidine rings is 1. The molecule has 0 aromatic heterocycles. The number of aryl methyl sites for hydroxylation is 2. The van der Waals surface area contributed by atoms with Crippen LogP contribution in [0.5, 0.6) is 0 Å². The zero-order valence-corrected chi connectivity index (χ0v) is 18.5. The van der Waals surface area contributed by atoms with Crippen LogP contribution in [0.15, 0.2) is 34.7 Å². The summed E-state index contributed by atoms with van der Waals surface area (Å²) in [6.07, 6.45) is 3.98. The van der Waals surface area contributed by atoms with Crippen LogP contribution in [0.4, 0.5) is 0 Å². The van der Waals surface area contributed by atoms with E-state index in [0.717, 1.165) is 47.9 Å². The number of nitrogens with zero attached hydrogens (tertiary/aromatic N) is 2. The van der Waals surface area contributed by atoms with Crippen LogP contribution in [0.2, 0.25) is 0 Å². The summed E-state index contributed by atoms with van der Waals surface area (Å²) in [6, 6.07) is 5.14. The number of nitrogens with one attached hydrogen (secondary N) is 1. The molecule has 0 atom stereocenters. The predicted molar refractivity (Wildman–Crippen MR) is 113 cm³/mol. The summed E-state index contributed by atoms with van der Waals surface area (Å²) < 4.78 is 26.6. The maximum atomic E-state index is 12.7. The monoisotopic (exact) mass is 407 g/mol. The summed E-state index contributed by atoms with van der Waals surface area (Å²) in [5.74, 6) is -0.252. The van der Waals surface area contributed by atoms with E-state index in [0.29, 0.717) is 0 Å². The van der Waals surface area contributed by atoms with Gasteiger partial charge in [0.05, 0.1) is 11.4 Å². The Kier molecular flexibility index (Phi) is 7.80. The Hall–Kier alpha value is -1.70. The highest BCUT2D eigenvalue weighted by Crippen LogP contribution is 2.18. The highest BCUT2D eigenvalue weighted by Gasteiger charge is 2.25. The molecule has 0 unspecified atom stereocenters. The van der Waals surface area contributed by atoms with Crippen LogP contribution in [0.25, 0.3) is 0 Å². The fourth-order valence-electron chi connectivity index (χ4n) is 3.19. The number of benzene rings is 1. The normalized spacial score (nSPS) is 16.2. The molecule has 1 saturated heterocycles. The van der Waals surface area contributed by atoms with Crippen molar-refractivity contribution in [1.82, 2.24) is 14.5 Å². The van der Waals surface area contributed by atoms with Crippen LogP contribution in [0, 0.1) is 13.8 Å². The molecule has 0 spiro atoms. The number of sulfonamides is 1. The maximum absolute atomic E-state index is 12.7. The van der Waals surface area contributed by atoms with E-state index in [-0.39, 0.29) is 23.4 Å². The van der Waals surface area contributed by atoms with E-state index in [9.17, 15) is 13.2 Å². The molecule has 28 heavy (non-hydrogen) atoms. The molecule has 1 aromatic carbocycles. The third-order valence-corrected chi connectivity index (χ3v) is 7.06. The van der Waals surface area contributed by atoms with Gasteiger partial charge in [0, 0.05) is 32.7 Å². The van der Waals surface area contributed by atoms with Crippen molar-refractivity contribution in [2.24, 2.45) is 0 Å². The van der Waals surface area contributed by atoms with Gasteiger partial charge in [-0.2, -0.15) is 4.31 Å². The maximum Gasteiger partial charge on any atom is 0.243 e. The fraction of sp³-hybridized carbons (Fsp3) is 0.571. The molecule has 7 heteroatoms. The molecule has 1 N–H and O–H groups in total. The molecule has 1 aliphatic heterocycles. The number of allylic oxidation sites excluding steroid dienone is 1. The van der Waals surface area contributed by atoms with Gasteiger partial charge in [-0.25, -0.2) is 8.42 Å². The molecule has 1 fully saturated rings. The number of likely N-dealkylation sites (tertiary alicyclic amines) is 1. The van der Waals surface area contributed by atoms with Crippen molar-refractivity contribution in [2.75, 3.05) is 33.2 Å². The van der Waals surface area contributed by atoms with E-state index in [1.807, 2.05) is 13.8 Å². The fourth-order valence-corrected chi connectivity index (χ4v) is 4.40. The summed E-state index contributed by atoms with van der Waals surface area (Å²) >= 11 is 0. The molecule has 0 bridgehead atoms. The Morgan fingerprint density at radius 2 is 1.86 bits per heavy atom. The smallest absolute Gasteiger partial charge is 0.243 e. The van der Waals surface area contributed by atoms with Crippen molar-refractivity contribution in [3.05, 3.63) is 41.0 Å². The second kappa shape index (κ2) is 9.67. The zero-order valence-electron chi connectivity index (χ0n) is 17.7. The zero-order chi connectivity index (χ0) is 20.9. The first-order valence-corrected chi connectivity index (χ1v) is 11.2. The van der Waals surface area contributed by atoms with Crippen molar-refractivity contribution >= 4 is 15.9 Å². The van der Waals surface area contributed by atoms with Gasteiger partial charge in [0.2, 0.25) is 15.9 Å². The van der Waals surface area contributed by atoms with Crippen LogP contribution in [-0.2, 0) is 14.8 Å². The average molecular weight is 408 g/mol.